The third-order valence-electron chi connectivity index (χ3n) is 10.7. The van der Waals surface area contributed by atoms with Crippen molar-refractivity contribution in [3.05, 3.63) is 188 Å². The smallest absolute Gasteiger partial charge is 0.164 e. The maximum Gasteiger partial charge on any atom is 0.164 e. The van der Waals surface area contributed by atoms with Gasteiger partial charge in [0, 0.05) is 27.5 Å². The summed E-state index contributed by atoms with van der Waals surface area (Å²) in [6, 6.07) is 65.8. The highest BCUT2D eigenvalue weighted by atomic mass is 16.3. The van der Waals surface area contributed by atoms with Crippen LogP contribution in [0.3, 0.4) is 0 Å². The van der Waals surface area contributed by atoms with E-state index in [-0.39, 0.29) is 0 Å². The molecule has 0 amide bonds. The van der Waals surface area contributed by atoms with Gasteiger partial charge >= 0.3 is 0 Å². The zero-order valence-corrected chi connectivity index (χ0v) is 29.6. The minimum atomic E-state index is 0.584. The van der Waals surface area contributed by atoms with Crippen LogP contribution in [0.2, 0.25) is 0 Å². The van der Waals surface area contributed by atoms with Gasteiger partial charge in [-0.3, -0.25) is 0 Å². The van der Waals surface area contributed by atoms with Crippen LogP contribution in [0.5, 0.6) is 0 Å². The van der Waals surface area contributed by atoms with Crippen LogP contribution in [-0.2, 0) is 0 Å². The molecule has 11 aromatic rings. The van der Waals surface area contributed by atoms with Crippen LogP contribution in [0, 0.1) is 0 Å². The molecule has 0 saturated carbocycles. The molecule has 0 fully saturated rings. The Morgan fingerprint density at radius 2 is 0.873 bits per heavy atom. The number of hydrogen-bond acceptors (Lipinski definition) is 4. The Morgan fingerprint density at radius 3 is 1.71 bits per heavy atom. The van der Waals surface area contributed by atoms with Crippen molar-refractivity contribution in [2.45, 2.75) is 0 Å². The van der Waals surface area contributed by atoms with E-state index in [0.29, 0.717) is 17.5 Å². The van der Waals surface area contributed by atoms with Crippen molar-refractivity contribution in [3.8, 4) is 56.4 Å². The summed E-state index contributed by atoms with van der Waals surface area (Å²) >= 11 is 0. The van der Waals surface area contributed by atoms with E-state index in [1.807, 2.05) is 36.4 Å². The van der Waals surface area contributed by atoms with Crippen molar-refractivity contribution in [1.29, 1.82) is 0 Å². The van der Waals surface area contributed by atoms with Gasteiger partial charge in [0.15, 0.2) is 17.5 Å². The van der Waals surface area contributed by atoms with Gasteiger partial charge in [0.1, 0.15) is 11.2 Å². The van der Waals surface area contributed by atoms with Crippen molar-refractivity contribution in [3.63, 3.8) is 0 Å². The summed E-state index contributed by atoms with van der Waals surface area (Å²) in [5.41, 5.74) is 8.88. The van der Waals surface area contributed by atoms with Gasteiger partial charge in [0.05, 0.1) is 0 Å². The summed E-state index contributed by atoms with van der Waals surface area (Å²) in [6.07, 6.45) is 0. The summed E-state index contributed by atoms with van der Waals surface area (Å²) in [7, 11) is 0. The summed E-state index contributed by atoms with van der Waals surface area (Å²) in [4.78, 5) is 15.4. The Bertz CT molecular complexity index is 3260. The summed E-state index contributed by atoms with van der Waals surface area (Å²) < 4.78 is 6.29. The van der Waals surface area contributed by atoms with Gasteiger partial charge in [-0.25, -0.2) is 15.0 Å². The number of furan rings is 1. The van der Waals surface area contributed by atoms with Crippen molar-refractivity contribution in [2.75, 3.05) is 0 Å². The molecule has 0 saturated heterocycles. The number of fused-ring (bicyclic) bond motifs is 7. The van der Waals surface area contributed by atoms with Crippen LogP contribution in [0.1, 0.15) is 0 Å². The molecule has 0 atom stereocenters. The minimum absolute atomic E-state index is 0.584. The fraction of sp³-hybridized carbons (Fsp3) is 0. The fourth-order valence-electron chi connectivity index (χ4n) is 8.08. The van der Waals surface area contributed by atoms with E-state index in [0.717, 1.165) is 55.3 Å². The third kappa shape index (κ3) is 5.26. The topological polar surface area (TPSA) is 51.8 Å². The number of aromatic nitrogens is 3. The van der Waals surface area contributed by atoms with Gasteiger partial charge in [-0.1, -0.05) is 164 Å². The van der Waals surface area contributed by atoms with Crippen LogP contribution in [0.15, 0.2) is 192 Å². The van der Waals surface area contributed by atoms with E-state index in [4.69, 9.17) is 19.4 Å². The number of para-hydroxylation sites is 1. The quantitative estimate of drug-likeness (QED) is 0.132. The third-order valence-corrected chi connectivity index (χ3v) is 10.7. The van der Waals surface area contributed by atoms with Crippen LogP contribution in [0.4, 0.5) is 0 Å². The number of rotatable bonds is 5. The van der Waals surface area contributed by atoms with Gasteiger partial charge in [0.25, 0.3) is 0 Å². The lowest BCUT2D eigenvalue weighted by molar-refractivity contribution is 0.669. The molecule has 0 aliphatic rings. The first-order valence-electron chi connectivity index (χ1n) is 18.5. The molecule has 0 unspecified atom stereocenters. The molecule has 0 bridgehead atoms. The Hall–Kier alpha value is -7.43. The molecule has 0 N–H and O–H groups in total. The van der Waals surface area contributed by atoms with Crippen molar-refractivity contribution >= 4 is 54.3 Å². The highest BCUT2D eigenvalue weighted by Crippen LogP contribution is 2.40. The molecule has 2 aromatic heterocycles. The molecular formula is C51H31N3O. The molecular weight excluding hydrogens is 671 g/mol. The fourth-order valence-corrected chi connectivity index (χ4v) is 8.08. The first-order chi connectivity index (χ1) is 27.2. The lowest BCUT2D eigenvalue weighted by atomic mass is 9.89. The molecule has 11 rings (SSSR count). The second-order valence-electron chi connectivity index (χ2n) is 14.0. The average molecular weight is 702 g/mol. The maximum absolute atomic E-state index is 6.29. The Kier molecular flexibility index (Phi) is 7.14. The van der Waals surface area contributed by atoms with Crippen LogP contribution in [0.25, 0.3) is 111 Å². The Labute approximate surface area is 317 Å². The maximum atomic E-state index is 6.29. The van der Waals surface area contributed by atoms with Crippen LogP contribution in [-0.4, -0.2) is 15.0 Å². The van der Waals surface area contributed by atoms with E-state index in [2.05, 4.69) is 152 Å². The summed E-state index contributed by atoms with van der Waals surface area (Å²) in [5, 5.41) is 9.57. The first kappa shape index (κ1) is 31.1. The van der Waals surface area contributed by atoms with Gasteiger partial charge in [-0.2, -0.15) is 0 Å². The number of benzene rings is 9. The normalized spacial score (nSPS) is 11.6. The lowest BCUT2D eigenvalue weighted by Crippen LogP contribution is -2.01. The van der Waals surface area contributed by atoms with E-state index in [1.54, 1.807) is 0 Å². The van der Waals surface area contributed by atoms with E-state index < -0.39 is 0 Å². The summed E-state index contributed by atoms with van der Waals surface area (Å²) in [6.45, 7) is 0. The molecule has 0 spiro atoms. The number of nitrogens with zero attached hydrogens (tertiary/aromatic N) is 3. The average Bonchev–Trinajstić information content (AvgIpc) is 3.64. The monoisotopic (exact) mass is 701 g/mol. The second-order valence-corrected chi connectivity index (χ2v) is 14.0. The minimum Gasteiger partial charge on any atom is -0.456 e. The van der Waals surface area contributed by atoms with E-state index in [1.165, 1.54) is 37.9 Å². The molecule has 0 radical (unpaired) electrons. The van der Waals surface area contributed by atoms with Crippen molar-refractivity contribution in [1.82, 2.24) is 15.0 Å². The number of hydrogen-bond donors (Lipinski definition) is 0. The molecule has 9 aromatic carbocycles. The van der Waals surface area contributed by atoms with Gasteiger partial charge in [-0.05, 0) is 78.8 Å². The predicted molar refractivity (Wildman–Crippen MR) is 227 cm³/mol. The highest BCUT2D eigenvalue weighted by molar-refractivity contribution is 6.20. The van der Waals surface area contributed by atoms with Gasteiger partial charge in [0.2, 0.25) is 0 Å². The second kappa shape index (κ2) is 12.6. The van der Waals surface area contributed by atoms with Crippen LogP contribution >= 0.6 is 0 Å². The highest BCUT2D eigenvalue weighted by Gasteiger charge is 2.18. The zero-order chi connectivity index (χ0) is 36.3. The van der Waals surface area contributed by atoms with Crippen molar-refractivity contribution < 1.29 is 4.42 Å². The van der Waals surface area contributed by atoms with Crippen LogP contribution < -0.4 is 0 Å². The SMILES string of the molecule is c1ccc(-c2ccccc2-c2nc(-c3ccc(-c4c5ccccc5cc5c4ccc4ccccc45)cc3)nc(-c3ccc4c(c3)oc3ccccc34)n2)cc1. The molecule has 0 aliphatic heterocycles. The van der Waals surface area contributed by atoms with Gasteiger partial charge < -0.3 is 4.42 Å². The van der Waals surface area contributed by atoms with Gasteiger partial charge in [-0.15, -0.1) is 0 Å². The Morgan fingerprint density at radius 1 is 0.291 bits per heavy atom. The molecule has 4 heteroatoms. The Balaban J connectivity index is 1.09. The summed E-state index contributed by atoms with van der Waals surface area (Å²) in [5.74, 6) is 1.80. The zero-order valence-electron chi connectivity index (χ0n) is 29.6. The molecule has 4 nitrogen and oxygen atoms in total. The molecule has 256 valence electrons. The van der Waals surface area contributed by atoms with E-state index in [9.17, 15) is 0 Å². The van der Waals surface area contributed by atoms with Crippen molar-refractivity contribution in [2.24, 2.45) is 0 Å². The molecule has 2 heterocycles. The van der Waals surface area contributed by atoms with E-state index >= 15 is 0 Å². The largest absolute Gasteiger partial charge is 0.456 e. The molecule has 0 aliphatic carbocycles. The standard InChI is InChI=1S/C51H31N3O/c1-2-12-32(13-3-1)38-16-8-9-20-44(38)51-53-49(52-50(54-51)37-27-28-42-41-19-10-11-21-46(41)55-47(42)31-37)35-24-22-34(23-25-35)48-40-18-7-5-15-36(40)30-45-39-17-6-4-14-33(39)26-29-43(45)48/h1-31H. The molecule has 55 heavy (non-hydrogen) atoms. The first-order valence-corrected chi connectivity index (χ1v) is 18.5. The lowest BCUT2D eigenvalue weighted by Gasteiger charge is -2.15. The predicted octanol–water partition coefficient (Wildman–Crippen LogP) is 13.6.